The first-order valence-corrected chi connectivity index (χ1v) is 7.93. The first kappa shape index (κ1) is 14.4. The minimum absolute atomic E-state index is 0.153. The molecule has 0 radical (unpaired) electrons. The molecular weight excluding hydrogens is 298 g/mol. The highest BCUT2D eigenvalue weighted by Crippen LogP contribution is 2.15. The molecule has 118 valence electrons. The van der Waals surface area contributed by atoms with Crippen molar-refractivity contribution in [3.8, 4) is 0 Å². The molecule has 0 amide bonds. The molecule has 0 N–H and O–H groups in total. The lowest BCUT2D eigenvalue weighted by atomic mass is 10.1. The van der Waals surface area contributed by atoms with Crippen LogP contribution in [0, 0.1) is 0 Å². The molecule has 5 nitrogen and oxygen atoms in total. The molecule has 1 aliphatic rings. The average molecular weight is 315 g/mol. The van der Waals surface area contributed by atoms with Crippen LogP contribution in [0.2, 0.25) is 0 Å². The summed E-state index contributed by atoms with van der Waals surface area (Å²) in [7, 11) is 0. The van der Waals surface area contributed by atoms with Crippen molar-refractivity contribution in [3.05, 3.63) is 90.2 Å². The van der Waals surface area contributed by atoms with Gasteiger partial charge < -0.3 is 0 Å². The maximum Gasteiger partial charge on any atom is 0.252 e. The van der Waals surface area contributed by atoms with Crippen LogP contribution in [0.3, 0.4) is 0 Å². The van der Waals surface area contributed by atoms with E-state index in [1.165, 1.54) is 0 Å². The van der Waals surface area contributed by atoms with Gasteiger partial charge in [0.25, 0.3) is 5.62 Å². The Morgan fingerprint density at radius 3 is 2.75 bits per heavy atom. The van der Waals surface area contributed by atoms with E-state index in [1.807, 2.05) is 69.9 Å². The molecule has 0 saturated carbocycles. The average Bonchev–Trinajstić information content (AvgIpc) is 3.02. The van der Waals surface area contributed by atoms with Crippen molar-refractivity contribution >= 4 is 11.9 Å². The second-order valence-electron chi connectivity index (χ2n) is 5.54. The van der Waals surface area contributed by atoms with Crippen molar-refractivity contribution in [1.29, 1.82) is 0 Å². The van der Waals surface area contributed by atoms with E-state index in [2.05, 4.69) is 33.5 Å². The van der Waals surface area contributed by atoms with Gasteiger partial charge in [0.1, 0.15) is 0 Å². The quantitative estimate of drug-likeness (QED) is 0.541. The standard InChI is InChI=1S/C19H17N5/c1-3-9-16(10-4-1)15-20-21-19-23-14-8-7-13-18(23)22-24(19)17-11-5-2-6-12-17/h1-11,13-15,17H,12H2/b20-15+,21-19-. The Bertz CT molecular complexity index is 989. The summed E-state index contributed by atoms with van der Waals surface area (Å²) in [6.07, 6.45) is 13.0. The first-order chi connectivity index (χ1) is 11.9. The molecule has 1 unspecified atom stereocenters. The number of rotatable bonds is 3. The van der Waals surface area contributed by atoms with Crippen LogP contribution in [0.5, 0.6) is 0 Å². The van der Waals surface area contributed by atoms with Gasteiger partial charge in [-0.3, -0.25) is 4.40 Å². The fourth-order valence-electron chi connectivity index (χ4n) is 2.70. The highest BCUT2D eigenvalue weighted by atomic mass is 15.4. The van der Waals surface area contributed by atoms with E-state index in [0.717, 1.165) is 17.6 Å². The number of aromatic nitrogens is 3. The Morgan fingerprint density at radius 1 is 1.04 bits per heavy atom. The predicted octanol–water partition coefficient (Wildman–Crippen LogP) is 3.13. The lowest BCUT2D eigenvalue weighted by molar-refractivity contribution is 0.512. The fraction of sp³-hybridized carbons (Fsp3) is 0.105. The fourth-order valence-corrected chi connectivity index (χ4v) is 2.70. The molecule has 3 aromatic rings. The summed E-state index contributed by atoms with van der Waals surface area (Å²) >= 11 is 0. The zero-order valence-corrected chi connectivity index (χ0v) is 13.1. The Morgan fingerprint density at radius 2 is 1.92 bits per heavy atom. The summed E-state index contributed by atoms with van der Waals surface area (Å²) in [5, 5.41) is 13.4. The molecule has 4 rings (SSSR count). The summed E-state index contributed by atoms with van der Waals surface area (Å²) in [4.78, 5) is 0. The number of allylic oxidation sites excluding steroid dienone is 4. The molecule has 0 saturated heterocycles. The van der Waals surface area contributed by atoms with Crippen molar-refractivity contribution < 1.29 is 0 Å². The Hall–Kier alpha value is -3.21. The van der Waals surface area contributed by atoms with Gasteiger partial charge in [-0.2, -0.15) is 10.2 Å². The smallest absolute Gasteiger partial charge is 0.252 e. The molecule has 0 fully saturated rings. The van der Waals surface area contributed by atoms with Crippen molar-refractivity contribution in [1.82, 2.24) is 14.2 Å². The number of benzene rings is 1. The van der Waals surface area contributed by atoms with Gasteiger partial charge in [-0.05, 0) is 24.1 Å². The van der Waals surface area contributed by atoms with Gasteiger partial charge in [-0.1, -0.05) is 60.7 Å². The molecule has 1 aromatic carbocycles. The molecule has 2 heterocycles. The molecule has 1 atom stereocenters. The minimum atomic E-state index is 0.153. The number of hydrogen-bond donors (Lipinski definition) is 0. The molecule has 5 heteroatoms. The van der Waals surface area contributed by atoms with Crippen molar-refractivity contribution in [3.63, 3.8) is 0 Å². The second kappa shape index (κ2) is 6.50. The summed E-state index contributed by atoms with van der Waals surface area (Å²) in [5.41, 5.74) is 2.58. The van der Waals surface area contributed by atoms with E-state index < -0.39 is 0 Å². The molecule has 0 bridgehead atoms. The first-order valence-electron chi connectivity index (χ1n) is 7.93. The van der Waals surface area contributed by atoms with Gasteiger partial charge in [0.15, 0.2) is 5.65 Å². The van der Waals surface area contributed by atoms with Crippen LogP contribution in [0.15, 0.2) is 89.2 Å². The highest BCUT2D eigenvalue weighted by Gasteiger charge is 2.13. The summed E-state index contributed by atoms with van der Waals surface area (Å²) in [5.74, 6) is 0. The van der Waals surface area contributed by atoms with E-state index in [9.17, 15) is 0 Å². The lowest BCUT2D eigenvalue weighted by Crippen LogP contribution is -2.26. The van der Waals surface area contributed by atoms with Crippen molar-refractivity contribution in [2.75, 3.05) is 0 Å². The van der Waals surface area contributed by atoms with Crippen LogP contribution in [0.4, 0.5) is 0 Å². The van der Waals surface area contributed by atoms with Gasteiger partial charge in [-0.15, -0.1) is 5.10 Å². The maximum atomic E-state index is 4.69. The molecule has 0 aliphatic heterocycles. The van der Waals surface area contributed by atoms with Gasteiger partial charge >= 0.3 is 0 Å². The second-order valence-corrected chi connectivity index (χ2v) is 5.54. The summed E-state index contributed by atoms with van der Waals surface area (Å²) < 4.78 is 3.88. The van der Waals surface area contributed by atoms with E-state index >= 15 is 0 Å². The van der Waals surface area contributed by atoms with Gasteiger partial charge in [0.2, 0.25) is 0 Å². The van der Waals surface area contributed by atoms with Crippen LogP contribution >= 0.6 is 0 Å². The van der Waals surface area contributed by atoms with E-state index in [4.69, 9.17) is 0 Å². The van der Waals surface area contributed by atoms with E-state index in [-0.39, 0.29) is 6.04 Å². The van der Waals surface area contributed by atoms with E-state index in [1.54, 1.807) is 6.21 Å². The van der Waals surface area contributed by atoms with Crippen LogP contribution in [-0.4, -0.2) is 20.4 Å². The lowest BCUT2D eigenvalue weighted by Gasteiger charge is -2.12. The minimum Gasteiger partial charge on any atom is -0.267 e. The predicted molar refractivity (Wildman–Crippen MR) is 94.7 cm³/mol. The largest absolute Gasteiger partial charge is 0.267 e. The Balaban J connectivity index is 1.80. The third-order valence-corrected chi connectivity index (χ3v) is 3.89. The van der Waals surface area contributed by atoms with Crippen LogP contribution < -0.4 is 5.62 Å². The number of hydrogen-bond acceptors (Lipinski definition) is 3. The monoisotopic (exact) mass is 315 g/mol. The molecule has 0 spiro atoms. The van der Waals surface area contributed by atoms with Crippen molar-refractivity contribution in [2.45, 2.75) is 12.5 Å². The zero-order chi connectivity index (χ0) is 16.2. The zero-order valence-electron chi connectivity index (χ0n) is 13.1. The molecular formula is C19H17N5. The number of fused-ring (bicyclic) bond motifs is 1. The molecule has 24 heavy (non-hydrogen) atoms. The Labute approximate surface area is 139 Å². The van der Waals surface area contributed by atoms with Crippen LogP contribution in [-0.2, 0) is 0 Å². The van der Waals surface area contributed by atoms with Crippen LogP contribution in [0.25, 0.3) is 5.65 Å². The van der Waals surface area contributed by atoms with Crippen molar-refractivity contribution in [2.24, 2.45) is 10.2 Å². The van der Waals surface area contributed by atoms with Gasteiger partial charge in [-0.25, -0.2) is 4.68 Å². The third-order valence-electron chi connectivity index (χ3n) is 3.89. The topological polar surface area (TPSA) is 47.0 Å². The van der Waals surface area contributed by atoms with Gasteiger partial charge in [0.05, 0.1) is 12.3 Å². The number of pyridine rings is 1. The summed E-state index contributed by atoms with van der Waals surface area (Å²) in [6, 6.07) is 16.0. The normalized spacial score (nSPS) is 18.0. The molecule has 1 aliphatic carbocycles. The third kappa shape index (κ3) is 2.84. The maximum absolute atomic E-state index is 4.69. The Kier molecular flexibility index (Phi) is 3.90. The highest BCUT2D eigenvalue weighted by molar-refractivity contribution is 5.79. The number of nitrogens with zero attached hydrogens (tertiary/aromatic N) is 5. The summed E-state index contributed by atoms with van der Waals surface area (Å²) in [6.45, 7) is 0. The van der Waals surface area contributed by atoms with Gasteiger partial charge in [0, 0.05) is 6.20 Å². The molecule has 2 aromatic heterocycles. The van der Waals surface area contributed by atoms with E-state index in [0.29, 0.717) is 5.62 Å². The SMILES string of the molecule is C1=CCC(n2nc3ccccn3/c2=N/N=C/c2ccccc2)C=C1. The van der Waals surface area contributed by atoms with Crippen LogP contribution in [0.1, 0.15) is 18.0 Å².